The molecule has 0 amide bonds. The second-order valence-electron chi connectivity index (χ2n) is 5.23. The van der Waals surface area contributed by atoms with Crippen LogP contribution in [0.4, 0.5) is 0 Å². The molecule has 0 spiro atoms. The molecule has 2 aromatic rings. The standard InChI is InChI=1S/C16H19BrN2O3.Ar/c1-20-11-22-15-8-12(5-6-14(15)17)13-9-18-19(10-13)16-4-2-3-7-21-16;/h5-6,8-10,16H,2-4,7,11H2,1H3;. The van der Waals surface area contributed by atoms with Crippen LogP contribution in [-0.4, -0.2) is 30.3 Å². The van der Waals surface area contributed by atoms with Gasteiger partial charge in [0.2, 0.25) is 0 Å². The summed E-state index contributed by atoms with van der Waals surface area (Å²) in [5, 5.41) is 4.44. The first kappa shape index (κ1) is 19.2. The number of hydrogen-bond donors (Lipinski definition) is 0. The van der Waals surface area contributed by atoms with E-state index in [1.54, 1.807) is 7.11 Å². The summed E-state index contributed by atoms with van der Waals surface area (Å²) < 4.78 is 19.1. The molecule has 0 radical (unpaired) electrons. The zero-order chi connectivity index (χ0) is 15.4. The van der Waals surface area contributed by atoms with Gasteiger partial charge in [0, 0.05) is 63.2 Å². The summed E-state index contributed by atoms with van der Waals surface area (Å²) >= 11 is 3.48. The Kier molecular flexibility index (Phi) is 7.85. The van der Waals surface area contributed by atoms with Crippen LogP contribution in [-0.2, 0) is 9.47 Å². The van der Waals surface area contributed by atoms with Crippen molar-refractivity contribution < 1.29 is 51.9 Å². The van der Waals surface area contributed by atoms with E-state index in [4.69, 9.17) is 14.2 Å². The molecule has 0 N–H and O–H groups in total. The number of aromatic nitrogens is 2. The molecule has 3 rings (SSSR count). The Bertz CT molecular complexity index is 630. The molecule has 1 fully saturated rings. The van der Waals surface area contributed by atoms with Gasteiger partial charge >= 0.3 is 0 Å². The van der Waals surface area contributed by atoms with Gasteiger partial charge in [-0.15, -0.1) is 0 Å². The van der Waals surface area contributed by atoms with Crippen molar-refractivity contribution in [2.45, 2.75) is 25.5 Å². The molecule has 0 bridgehead atoms. The van der Waals surface area contributed by atoms with Gasteiger partial charge in [0.05, 0.1) is 10.7 Å². The van der Waals surface area contributed by atoms with E-state index in [2.05, 4.69) is 21.0 Å². The van der Waals surface area contributed by atoms with Gasteiger partial charge in [0.15, 0.2) is 6.79 Å². The van der Waals surface area contributed by atoms with Crippen molar-refractivity contribution in [2.24, 2.45) is 0 Å². The van der Waals surface area contributed by atoms with Gasteiger partial charge in [0.1, 0.15) is 12.0 Å². The van der Waals surface area contributed by atoms with E-state index in [9.17, 15) is 0 Å². The Morgan fingerprint density at radius 1 is 1.35 bits per heavy atom. The maximum Gasteiger partial charge on any atom is 0.188 e. The summed E-state index contributed by atoms with van der Waals surface area (Å²) in [6.45, 7) is 1.03. The SMILES string of the molecule is COCOc1cc(-c2cnn(C3CCCCO3)c2)ccc1Br.[Ar]. The van der Waals surface area contributed by atoms with Gasteiger partial charge in [-0.05, 0) is 52.9 Å². The topological polar surface area (TPSA) is 45.5 Å². The number of hydrogen-bond acceptors (Lipinski definition) is 4. The molecule has 126 valence electrons. The molecular weight excluding hydrogens is 388 g/mol. The summed E-state index contributed by atoms with van der Waals surface area (Å²) in [6, 6.07) is 5.98. The minimum Gasteiger partial charge on any atom is -0.466 e. The summed E-state index contributed by atoms with van der Waals surface area (Å²) in [6.07, 6.45) is 7.29. The van der Waals surface area contributed by atoms with Gasteiger partial charge in [-0.3, -0.25) is 0 Å². The number of ether oxygens (including phenoxy) is 3. The Morgan fingerprint density at radius 3 is 2.96 bits per heavy atom. The van der Waals surface area contributed by atoms with Crippen LogP contribution in [0.1, 0.15) is 25.5 Å². The van der Waals surface area contributed by atoms with Crippen LogP contribution in [0.25, 0.3) is 11.1 Å². The van der Waals surface area contributed by atoms with E-state index in [0.717, 1.165) is 40.8 Å². The number of methoxy groups -OCH3 is 1. The van der Waals surface area contributed by atoms with Crippen LogP contribution in [0.3, 0.4) is 0 Å². The first-order valence-corrected chi connectivity index (χ1v) is 8.14. The average Bonchev–Trinajstić information content (AvgIpc) is 3.05. The summed E-state index contributed by atoms with van der Waals surface area (Å²) in [7, 11) is 1.60. The van der Waals surface area contributed by atoms with Gasteiger partial charge in [-0.1, -0.05) is 6.07 Å². The Balaban J connectivity index is 0.00000192. The van der Waals surface area contributed by atoms with Crippen LogP contribution < -0.4 is 4.74 Å². The molecule has 1 atom stereocenters. The quantitative estimate of drug-likeness (QED) is 0.704. The van der Waals surface area contributed by atoms with Crippen molar-refractivity contribution in [1.29, 1.82) is 0 Å². The molecule has 1 aromatic heterocycles. The summed E-state index contributed by atoms with van der Waals surface area (Å²) in [5.74, 6) is 0.751. The summed E-state index contributed by atoms with van der Waals surface area (Å²) in [5.41, 5.74) is 2.10. The zero-order valence-electron chi connectivity index (χ0n) is 12.9. The first-order chi connectivity index (χ1) is 10.8. The third-order valence-electron chi connectivity index (χ3n) is 3.65. The van der Waals surface area contributed by atoms with E-state index < -0.39 is 0 Å². The van der Waals surface area contributed by atoms with Crippen molar-refractivity contribution >= 4 is 15.9 Å². The van der Waals surface area contributed by atoms with Gasteiger partial charge in [0.25, 0.3) is 0 Å². The van der Waals surface area contributed by atoms with Crippen molar-refractivity contribution in [3.05, 3.63) is 35.1 Å². The predicted octanol–water partition coefficient (Wildman–Crippen LogP) is 3.99. The molecule has 1 aliphatic heterocycles. The molecule has 0 saturated carbocycles. The number of rotatable bonds is 5. The average molecular weight is 407 g/mol. The third-order valence-corrected chi connectivity index (χ3v) is 4.30. The van der Waals surface area contributed by atoms with E-state index in [1.165, 1.54) is 6.42 Å². The second-order valence-corrected chi connectivity index (χ2v) is 6.08. The fourth-order valence-electron chi connectivity index (χ4n) is 2.49. The molecule has 1 unspecified atom stereocenters. The van der Waals surface area contributed by atoms with Gasteiger partial charge in [-0.2, -0.15) is 5.10 Å². The van der Waals surface area contributed by atoms with Crippen LogP contribution in [0, 0.1) is 37.7 Å². The van der Waals surface area contributed by atoms with Crippen LogP contribution >= 0.6 is 15.9 Å². The largest absolute Gasteiger partial charge is 0.466 e. The van der Waals surface area contributed by atoms with Crippen molar-refractivity contribution in [3.63, 3.8) is 0 Å². The van der Waals surface area contributed by atoms with E-state index >= 15 is 0 Å². The molecule has 7 heteroatoms. The number of halogens is 1. The molecule has 1 aromatic carbocycles. The van der Waals surface area contributed by atoms with Crippen LogP contribution in [0.2, 0.25) is 0 Å². The zero-order valence-corrected chi connectivity index (χ0v) is 15.1. The fraction of sp³-hybridized carbons (Fsp3) is 0.438. The monoisotopic (exact) mass is 406 g/mol. The van der Waals surface area contributed by atoms with Crippen molar-refractivity contribution in [3.8, 4) is 16.9 Å². The fourth-order valence-corrected chi connectivity index (χ4v) is 2.85. The Morgan fingerprint density at radius 2 is 2.22 bits per heavy atom. The number of nitrogens with zero attached hydrogens (tertiary/aromatic N) is 2. The smallest absolute Gasteiger partial charge is 0.188 e. The number of benzene rings is 1. The van der Waals surface area contributed by atoms with E-state index in [-0.39, 0.29) is 50.8 Å². The molecule has 5 nitrogen and oxygen atoms in total. The first-order valence-electron chi connectivity index (χ1n) is 7.35. The molecule has 1 saturated heterocycles. The molecule has 2 heterocycles. The third kappa shape index (κ3) is 4.93. The molecule has 0 aliphatic carbocycles. The predicted molar refractivity (Wildman–Crippen MR) is 86.7 cm³/mol. The van der Waals surface area contributed by atoms with Crippen LogP contribution in [0.5, 0.6) is 5.75 Å². The van der Waals surface area contributed by atoms with E-state index in [0.29, 0.717) is 0 Å². The van der Waals surface area contributed by atoms with Crippen molar-refractivity contribution in [2.75, 3.05) is 20.5 Å². The second kappa shape index (κ2) is 9.39. The van der Waals surface area contributed by atoms with Crippen LogP contribution in [0.15, 0.2) is 35.1 Å². The molecular formula is C16H19ArBrN2O3. The van der Waals surface area contributed by atoms with Gasteiger partial charge < -0.3 is 14.2 Å². The maximum absolute atomic E-state index is 5.76. The normalized spacial score (nSPS) is 17.6. The minimum atomic E-state index is 0. The Labute approximate surface area is 174 Å². The molecule has 23 heavy (non-hydrogen) atoms. The maximum atomic E-state index is 5.76. The summed E-state index contributed by atoms with van der Waals surface area (Å²) in [4.78, 5) is 0. The van der Waals surface area contributed by atoms with E-state index in [1.807, 2.05) is 35.3 Å². The minimum absolute atomic E-state index is 0. The Hall–Kier alpha value is -0.110. The van der Waals surface area contributed by atoms with Crippen molar-refractivity contribution in [1.82, 2.24) is 9.78 Å². The van der Waals surface area contributed by atoms with Gasteiger partial charge in [-0.25, -0.2) is 4.68 Å². The molecule has 1 aliphatic rings.